The normalized spacial score (nSPS) is 15.8. The highest BCUT2D eigenvalue weighted by atomic mass is 16.1. The Labute approximate surface area is 108 Å². The van der Waals surface area contributed by atoms with Crippen molar-refractivity contribution in [2.45, 2.75) is 45.4 Å². The van der Waals surface area contributed by atoms with E-state index >= 15 is 0 Å². The fourth-order valence-electron chi connectivity index (χ4n) is 2.57. The summed E-state index contributed by atoms with van der Waals surface area (Å²) < 4.78 is 0. The Morgan fingerprint density at radius 2 is 1.67 bits per heavy atom. The lowest BCUT2D eigenvalue weighted by Gasteiger charge is -2.07. The van der Waals surface area contributed by atoms with Crippen LogP contribution in [0.15, 0.2) is 24.3 Å². The van der Waals surface area contributed by atoms with Crippen molar-refractivity contribution >= 4 is 11.6 Å². The van der Waals surface area contributed by atoms with Gasteiger partial charge in [-0.1, -0.05) is 42.7 Å². The van der Waals surface area contributed by atoms with E-state index in [0.717, 1.165) is 24.0 Å². The second-order valence-electron chi connectivity index (χ2n) is 5.24. The van der Waals surface area contributed by atoms with E-state index in [9.17, 15) is 9.59 Å². The first kappa shape index (κ1) is 13.0. The zero-order valence-electron chi connectivity index (χ0n) is 10.9. The number of Topliss-reactive ketones (excluding diaryl/α,β-unsaturated/α-hetero) is 2. The molecule has 0 radical (unpaired) electrons. The van der Waals surface area contributed by atoms with Crippen molar-refractivity contribution in [3.63, 3.8) is 0 Å². The summed E-state index contributed by atoms with van der Waals surface area (Å²) in [6, 6.07) is 7.56. The molecule has 0 aromatic heterocycles. The first-order valence-corrected chi connectivity index (χ1v) is 6.79. The Hall–Kier alpha value is -1.44. The Morgan fingerprint density at radius 1 is 1.06 bits per heavy atom. The second kappa shape index (κ2) is 5.94. The quantitative estimate of drug-likeness (QED) is 0.740. The molecule has 1 aromatic carbocycles. The molecule has 96 valence electrons. The molecule has 2 rings (SSSR count). The van der Waals surface area contributed by atoms with Crippen LogP contribution in [0.5, 0.6) is 0 Å². The number of rotatable bonds is 5. The Morgan fingerprint density at radius 3 is 2.28 bits per heavy atom. The number of benzene rings is 1. The third-order valence-corrected chi connectivity index (χ3v) is 3.78. The van der Waals surface area contributed by atoms with Crippen LogP contribution in [-0.4, -0.2) is 11.6 Å². The topological polar surface area (TPSA) is 34.1 Å². The summed E-state index contributed by atoms with van der Waals surface area (Å²) in [7, 11) is 0. The van der Waals surface area contributed by atoms with E-state index in [4.69, 9.17) is 0 Å². The summed E-state index contributed by atoms with van der Waals surface area (Å²) in [5, 5.41) is 0. The van der Waals surface area contributed by atoms with E-state index in [2.05, 4.69) is 0 Å². The van der Waals surface area contributed by atoms with Gasteiger partial charge in [-0.3, -0.25) is 9.59 Å². The van der Waals surface area contributed by atoms with Gasteiger partial charge in [-0.25, -0.2) is 0 Å². The van der Waals surface area contributed by atoms with E-state index < -0.39 is 0 Å². The largest absolute Gasteiger partial charge is 0.299 e. The maximum atomic E-state index is 11.9. The number of carbonyl (C=O) groups excluding carboxylic acids is 2. The molecule has 2 heteroatoms. The van der Waals surface area contributed by atoms with Gasteiger partial charge in [-0.05, 0) is 19.8 Å². The average Bonchev–Trinajstić information content (AvgIpc) is 2.90. The maximum absolute atomic E-state index is 11.9. The average molecular weight is 244 g/mol. The minimum absolute atomic E-state index is 0.0846. The first-order chi connectivity index (χ1) is 8.66. The van der Waals surface area contributed by atoms with Crippen molar-refractivity contribution in [2.75, 3.05) is 0 Å². The van der Waals surface area contributed by atoms with E-state index in [1.54, 1.807) is 0 Å². The van der Waals surface area contributed by atoms with Gasteiger partial charge in [0.1, 0.15) is 5.78 Å². The molecule has 0 spiro atoms. The molecule has 1 aromatic rings. The lowest BCUT2D eigenvalue weighted by Crippen LogP contribution is -2.12. The molecule has 0 atom stereocenters. The molecule has 0 aliphatic heterocycles. The molecular formula is C16H20O2. The van der Waals surface area contributed by atoms with Crippen molar-refractivity contribution in [3.8, 4) is 0 Å². The Bertz CT molecular complexity index is 425. The van der Waals surface area contributed by atoms with Crippen molar-refractivity contribution in [2.24, 2.45) is 5.92 Å². The second-order valence-corrected chi connectivity index (χ2v) is 5.24. The molecule has 0 bridgehead atoms. The van der Waals surface area contributed by atoms with E-state index in [1.807, 2.05) is 31.2 Å². The molecule has 1 aliphatic rings. The van der Waals surface area contributed by atoms with Gasteiger partial charge in [0.05, 0.1) is 0 Å². The highest BCUT2D eigenvalue weighted by molar-refractivity contribution is 5.98. The summed E-state index contributed by atoms with van der Waals surface area (Å²) >= 11 is 0. The fraction of sp³-hybridized carbons (Fsp3) is 0.500. The predicted molar refractivity (Wildman–Crippen MR) is 71.7 cm³/mol. The van der Waals surface area contributed by atoms with Gasteiger partial charge in [0, 0.05) is 24.3 Å². The number of carbonyl (C=O) groups is 2. The number of ketones is 2. The highest BCUT2D eigenvalue weighted by Crippen LogP contribution is 2.26. The van der Waals surface area contributed by atoms with Crippen molar-refractivity contribution in [1.82, 2.24) is 0 Å². The molecule has 18 heavy (non-hydrogen) atoms. The van der Waals surface area contributed by atoms with Crippen LogP contribution in [0.4, 0.5) is 0 Å². The van der Waals surface area contributed by atoms with Gasteiger partial charge in [-0.2, -0.15) is 0 Å². The Kier molecular flexibility index (Phi) is 4.29. The number of hydrogen-bond acceptors (Lipinski definition) is 2. The fourth-order valence-corrected chi connectivity index (χ4v) is 2.57. The van der Waals surface area contributed by atoms with Crippen LogP contribution in [0.1, 0.15) is 54.4 Å². The minimum Gasteiger partial charge on any atom is -0.299 e. The summed E-state index contributed by atoms with van der Waals surface area (Å²) in [5.74, 6) is 0.602. The third-order valence-electron chi connectivity index (χ3n) is 3.78. The molecule has 1 fully saturated rings. The van der Waals surface area contributed by atoms with Gasteiger partial charge in [0.25, 0.3) is 0 Å². The molecule has 1 aliphatic carbocycles. The summed E-state index contributed by atoms with van der Waals surface area (Å²) in [5.41, 5.74) is 1.87. The van der Waals surface area contributed by atoms with Crippen LogP contribution in [0.2, 0.25) is 0 Å². The monoisotopic (exact) mass is 244 g/mol. The van der Waals surface area contributed by atoms with Crippen LogP contribution in [0, 0.1) is 12.8 Å². The zero-order valence-corrected chi connectivity index (χ0v) is 10.9. The van der Waals surface area contributed by atoms with Crippen molar-refractivity contribution in [3.05, 3.63) is 35.4 Å². The Balaban J connectivity index is 1.84. The van der Waals surface area contributed by atoms with Gasteiger partial charge in [0.2, 0.25) is 0 Å². The molecule has 1 saturated carbocycles. The highest BCUT2D eigenvalue weighted by Gasteiger charge is 2.22. The molecule has 0 N–H and O–H groups in total. The number of hydrogen-bond donors (Lipinski definition) is 0. The van der Waals surface area contributed by atoms with Gasteiger partial charge in [0.15, 0.2) is 5.78 Å². The maximum Gasteiger partial charge on any atom is 0.163 e. The summed E-state index contributed by atoms with van der Waals surface area (Å²) in [6.45, 7) is 2.00. The van der Waals surface area contributed by atoms with Crippen LogP contribution in [-0.2, 0) is 4.79 Å². The molecule has 0 amide bonds. The lowest BCUT2D eigenvalue weighted by atomic mass is 9.96. The van der Waals surface area contributed by atoms with Crippen LogP contribution < -0.4 is 0 Å². The summed E-state index contributed by atoms with van der Waals surface area (Å²) in [6.07, 6.45) is 5.16. The number of aryl methyl sites for hydroxylation is 1. The third kappa shape index (κ3) is 3.28. The zero-order chi connectivity index (χ0) is 13.0. The molecule has 0 saturated heterocycles. The molecule has 2 nitrogen and oxygen atoms in total. The van der Waals surface area contributed by atoms with Gasteiger partial charge >= 0.3 is 0 Å². The SMILES string of the molecule is Cc1ccc(C(=O)CCC(=O)C2CCCC2)cc1. The summed E-state index contributed by atoms with van der Waals surface area (Å²) in [4.78, 5) is 23.8. The van der Waals surface area contributed by atoms with Crippen molar-refractivity contribution in [1.29, 1.82) is 0 Å². The molecular weight excluding hydrogens is 224 g/mol. The van der Waals surface area contributed by atoms with Crippen LogP contribution in [0.3, 0.4) is 0 Å². The van der Waals surface area contributed by atoms with E-state index in [1.165, 1.54) is 12.8 Å². The molecule has 0 unspecified atom stereocenters. The smallest absolute Gasteiger partial charge is 0.163 e. The van der Waals surface area contributed by atoms with Crippen LogP contribution >= 0.6 is 0 Å². The van der Waals surface area contributed by atoms with E-state index in [-0.39, 0.29) is 17.5 Å². The standard InChI is InChI=1S/C16H20O2/c1-12-6-8-14(9-7-12)16(18)11-10-15(17)13-4-2-3-5-13/h6-9,13H,2-5,10-11H2,1H3. The first-order valence-electron chi connectivity index (χ1n) is 6.79. The minimum atomic E-state index is 0.0846. The lowest BCUT2D eigenvalue weighted by molar-refractivity contribution is -0.122. The van der Waals surface area contributed by atoms with Crippen LogP contribution in [0.25, 0.3) is 0 Å². The van der Waals surface area contributed by atoms with Crippen molar-refractivity contribution < 1.29 is 9.59 Å². The predicted octanol–water partition coefficient (Wildman–Crippen LogP) is 3.72. The van der Waals surface area contributed by atoms with E-state index in [0.29, 0.717) is 12.8 Å². The van der Waals surface area contributed by atoms with Gasteiger partial charge < -0.3 is 0 Å². The molecule has 0 heterocycles. The van der Waals surface area contributed by atoms with Gasteiger partial charge in [-0.15, -0.1) is 0 Å².